The monoisotopic (exact) mass is 272 g/mol. The fourth-order valence-electron chi connectivity index (χ4n) is 0.906. The highest BCUT2D eigenvalue weighted by atomic mass is 28.4. The molecule has 0 heterocycles. The molecule has 0 fully saturated rings. The predicted octanol–water partition coefficient (Wildman–Crippen LogP) is 3.76. The van der Waals surface area contributed by atoms with Crippen molar-refractivity contribution >= 4 is 14.3 Å². The lowest BCUT2D eigenvalue weighted by Gasteiger charge is -2.35. The van der Waals surface area contributed by atoms with E-state index in [0.717, 1.165) is 0 Å². The highest BCUT2D eigenvalue weighted by Crippen LogP contribution is 2.36. The smallest absolute Gasteiger partial charge is 0.308 e. The summed E-state index contributed by atoms with van der Waals surface area (Å²) >= 11 is 0. The van der Waals surface area contributed by atoms with Crippen LogP contribution < -0.4 is 0 Å². The molecule has 0 bridgehead atoms. The van der Waals surface area contributed by atoms with Crippen LogP contribution in [-0.4, -0.2) is 27.5 Å². The average Bonchev–Trinajstić information content (AvgIpc) is 2.20. The largest absolute Gasteiger partial charge is 0.461 e. The van der Waals surface area contributed by atoms with Crippen LogP contribution in [0.3, 0.4) is 0 Å². The Kier molecular flexibility index (Phi) is 6.85. The second-order valence-electron chi connectivity index (χ2n) is 6.33. The average molecular weight is 272 g/mol. The highest BCUT2D eigenvalue weighted by molar-refractivity contribution is 6.74. The van der Waals surface area contributed by atoms with E-state index in [1.165, 1.54) is 0 Å². The number of hydrogen-bond donors (Lipinski definition) is 0. The van der Waals surface area contributed by atoms with E-state index in [1.807, 2.05) is 26.0 Å². The molecule has 0 aromatic heterocycles. The first-order valence-electron chi connectivity index (χ1n) is 6.53. The maximum atomic E-state index is 11.2. The van der Waals surface area contributed by atoms with Crippen molar-refractivity contribution in [3.8, 4) is 0 Å². The molecule has 0 saturated heterocycles. The fraction of sp³-hybridized carbons (Fsp3) is 0.786. The maximum Gasteiger partial charge on any atom is 0.308 e. The number of carbonyl (C=O) groups is 1. The van der Waals surface area contributed by atoms with Crippen LogP contribution in [0, 0.1) is 5.92 Å². The minimum absolute atomic E-state index is 0.0677. The van der Waals surface area contributed by atoms with Crippen molar-refractivity contribution in [2.75, 3.05) is 13.2 Å². The topological polar surface area (TPSA) is 35.5 Å². The van der Waals surface area contributed by atoms with E-state index in [9.17, 15) is 4.79 Å². The first-order valence-corrected chi connectivity index (χ1v) is 9.44. The summed E-state index contributed by atoms with van der Waals surface area (Å²) in [7, 11) is -1.66. The number of hydrogen-bond acceptors (Lipinski definition) is 3. The molecular weight excluding hydrogens is 244 g/mol. The second kappa shape index (κ2) is 7.09. The summed E-state index contributed by atoms with van der Waals surface area (Å²) in [4.78, 5) is 11.2. The summed E-state index contributed by atoms with van der Waals surface area (Å²) < 4.78 is 11.0. The van der Waals surface area contributed by atoms with E-state index in [1.54, 1.807) is 0 Å². The molecule has 3 nitrogen and oxygen atoms in total. The molecule has 0 amide bonds. The van der Waals surface area contributed by atoms with Gasteiger partial charge in [-0.15, -0.1) is 0 Å². The quantitative estimate of drug-likeness (QED) is 0.419. The minimum atomic E-state index is -1.66. The summed E-state index contributed by atoms with van der Waals surface area (Å²) in [6, 6.07) is 0. The lowest BCUT2D eigenvalue weighted by atomic mass is 10.2. The molecule has 18 heavy (non-hydrogen) atoms. The molecule has 0 unspecified atom stereocenters. The maximum absolute atomic E-state index is 11.2. The molecule has 0 aliphatic carbocycles. The predicted molar refractivity (Wildman–Crippen MR) is 78.1 cm³/mol. The molecule has 106 valence electrons. The van der Waals surface area contributed by atoms with E-state index < -0.39 is 8.32 Å². The van der Waals surface area contributed by atoms with Gasteiger partial charge in [-0.2, -0.15) is 0 Å². The van der Waals surface area contributed by atoms with E-state index in [4.69, 9.17) is 9.16 Å². The number of rotatable bonds is 6. The molecule has 0 aromatic carbocycles. The van der Waals surface area contributed by atoms with Gasteiger partial charge >= 0.3 is 5.97 Å². The van der Waals surface area contributed by atoms with E-state index in [2.05, 4.69) is 33.9 Å². The van der Waals surface area contributed by atoms with E-state index in [0.29, 0.717) is 13.2 Å². The van der Waals surface area contributed by atoms with E-state index in [-0.39, 0.29) is 16.9 Å². The molecule has 0 aliphatic rings. The fourth-order valence-corrected chi connectivity index (χ4v) is 1.85. The van der Waals surface area contributed by atoms with Crippen LogP contribution in [0.25, 0.3) is 0 Å². The number of ether oxygens (including phenoxy) is 1. The van der Waals surface area contributed by atoms with Crippen LogP contribution in [0.1, 0.15) is 34.6 Å². The Morgan fingerprint density at radius 3 is 2.11 bits per heavy atom. The number of carbonyl (C=O) groups excluding carboxylic acids is 1. The Morgan fingerprint density at radius 1 is 1.17 bits per heavy atom. The van der Waals surface area contributed by atoms with Gasteiger partial charge in [-0.1, -0.05) is 40.7 Å². The Morgan fingerprint density at radius 2 is 1.67 bits per heavy atom. The number of esters is 1. The van der Waals surface area contributed by atoms with Crippen molar-refractivity contribution in [1.29, 1.82) is 0 Å². The van der Waals surface area contributed by atoms with Crippen LogP contribution in [0.15, 0.2) is 12.2 Å². The van der Waals surface area contributed by atoms with Gasteiger partial charge in [-0.05, 0) is 24.2 Å². The molecule has 0 aliphatic heterocycles. The lowest BCUT2D eigenvalue weighted by molar-refractivity contribution is -0.146. The van der Waals surface area contributed by atoms with Gasteiger partial charge in [0.15, 0.2) is 8.32 Å². The minimum Gasteiger partial charge on any atom is -0.461 e. The Bertz CT molecular complexity index is 288. The third-order valence-corrected chi connectivity index (χ3v) is 7.81. The summed E-state index contributed by atoms with van der Waals surface area (Å²) in [6.45, 7) is 15.7. The van der Waals surface area contributed by atoms with Gasteiger partial charge in [0.1, 0.15) is 6.61 Å². The van der Waals surface area contributed by atoms with Gasteiger partial charge in [-0.25, -0.2) is 0 Å². The second-order valence-corrected chi connectivity index (χ2v) is 11.1. The Labute approximate surface area is 113 Å². The molecule has 0 atom stereocenters. The van der Waals surface area contributed by atoms with Crippen LogP contribution in [0.5, 0.6) is 0 Å². The zero-order chi connectivity index (χ0) is 14.4. The molecule has 0 rings (SSSR count). The third-order valence-electron chi connectivity index (χ3n) is 3.31. The molecule has 0 N–H and O–H groups in total. The Hall–Kier alpha value is -0.613. The van der Waals surface area contributed by atoms with Gasteiger partial charge < -0.3 is 9.16 Å². The summed E-state index contributed by atoms with van der Waals surface area (Å²) in [5.74, 6) is -0.230. The zero-order valence-electron chi connectivity index (χ0n) is 12.9. The van der Waals surface area contributed by atoms with Gasteiger partial charge in [0.25, 0.3) is 0 Å². The van der Waals surface area contributed by atoms with Crippen molar-refractivity contribution in [3.05, 3.63) is 12.2 Å². The van der Waals surface area contributed by atoms with Gasteiger partial charge in [-0.3, -0.25) is 4.79 Å². The van der Waals surface area contributed by atoms with Crippen LogP contribution in [0.2, 0.25) is 18.1 Å². The van der Waals surface area contributed by atoms with Gasteiger partial charge in [0, 0.05) is 0 Å². The van der Waals surface area contributed by atoms with Crippen LogP contribution in [0.4, 0.5) is 0 Å². The van der Waals surface area contributed by atoms with Crippen molar-refractivity contribution in [2.45, 2.75) is 52.8 Å². The first kappa shape index (κ1) is 17.4. The molecule has 0 aromatic rings. The van der Waals surface area contributed by atoms with Crippen molar-refractivity contribution in [2.24, 2.45) is 5.92 Å². The normalized spacial score (nSPS) is 13.3. The van der Waals surface area contributed by atoms with Gasteiger partial charge in [0.2, 0.25) is 0 Å². The molecule has 0 spiro atoms. The van der Waals surface area contributed by atoms with Crippen LogP contribution in [-0.2, 0) is 14.0 Å². The van der Waals surface area contributed by atoms with Crippen molar-refractivity contribution < 1.29 is 14.0 Å². The molecular formula is C14H28O3Si. The standard InChI is InChI=1S/C14H28O3Si/c1-12(2)13(15)16-10-8-9-11-17-18(6,7)14(3,4)5/h8-9,12H,10-11H2,1-7H3. The summed E-state index contributed by atoms with van der Waals surface area (Å²) in [6.07, 6.45) is 3.77. The van der Waals surface area contributed by atoms with Crippen molar-refractivity contribution in [1.82, 2.24) is 0 Å². The summed E-state index contributed by atoms with van der Waals surface area (Å²) in [5.41, 5.74) is 0. The molecule has 4 heteroatoms. The highest BCUT2D eigenvalue weighted by Gasteiger charge is 2.36. The van der Waals surface area contributed by atoms with E-state index >= 15 is 0 Å². The molecule has 0 radical (unpaired) electrons. The zero-order valence-corrected chi connectivity index (χ0v) is 13.9. The van der Waals surface area contributed by atoms with Gasteiger partial charge in [0.05, 0.1) is 12.5 Å². The van der Waals surface area contributed by atoms with Crippen LogP contribution >= 0.6 is 0 Å². The SMILES string of the molecule is CC(C)C(=O)OCC=CCO[Si](C)(C)C(C)(C)C. The summed E-state index contributed by atoms with van der Waals surface area (Å²) in [5, 5.41) is 0.227. The third kappa shape index (κ3) is 6.35. The molecule has 0 saturated carbocycles. The lowest BCUT2D eigenvalue weighted by Crippen LogP contribution is -2.40. The first-order chi connectivity index (χ1) is 8.08. The Balaban J connectivity index is 3.89. The van der Waals surface area contributed by atoms with Crippen molar-refractivity contribution in [3.63, 3.8) is 0 Å².